The Labute approximate surface area is 109 Å². The minimum atomic E-state index is -0.140. The van der Waals surface area contributed by atoms with Gasteiger partial charge in [0.05, 0.1) is 0 Å². The molecule has 1 aliphatic rings. The summed E-state index contributed by atoms with van der Waals surface area (Å²) in [4.78, 5) is 2.40. The van der Waals surface area contributed by atoms with E-state index in [4.69, 9.17) is 5.73 Å². The second-order valence-corrected chi connectivity index (χ2v) is 5.43. The average Bonchev–Trinajstić information content (AvgIpc) is 2.37. The van der Waals surface area contributed by atoms with Crippen molar-refractivity contribution >= 4 is 0 Å². The van der Waals surface area contributed by atoms with Crippen molar-refractivity contribution in [1.82, 2.24) is 4.90 Å². The Morgan fingerprint density at radius 1 is 1.28 bits per heavy atom. The van der Waals surface area contributed by atoms with Crippen LogP contribution in [-0.4, -0.2) is 30.6 Å². The Morgan fingerprint density at radius 3 is 2.67 bits per heavy atom. The van der Waals surface area contributed by atoms with Gasteiger partial charge in [-0.05, 0) is 56.8 Å². The highest BCUT2D eigenvalue weighted by atomic mass is 19.1. The molecular weight excluding hydrogens is 227 g/mol. The summed E-state index contributed by atoms with van der Waals surface area (Å²) in [7, 11) is 2.17. The normalized spacial score (nSPS) is 24.4. The van der Waals surface area contributed by atoms with Crippen LogP contribution in [0.25, 0.3) is 0 Å². The Morgan fingerprint density at radius 2 is 2.00 bits per heavy atom. The summed E-state index contributed by atoms with van der Waals surface area (Å²) >= 11 is 0. The number of benzene rings is 1. The number of hydrogen-bond donors (Lipinski definition) is 1. The van der Waals surface area contributed by atoms with Crippen molar-refractivity contribution in [1.29, 1.82) is 0 Å². The molecule has 1 aromatic rings. The van der Waals surface area contributed by atoms with Crippen molar-refractivity contribution in [3.8, 4) is 0 Å². The van der Waals surface area contributed by atoms with Gasteiger partial charge in [0, 0.05) is 18.6 Å². The molecule has 0 saturated heterocycles. The zero-order valence-electron chi connectivity index (χ0n) is 11.1. The second kappa shape index (κ2) is 6.30. The maximum absolute atomic E-state index is 13.1. The van der Waals surface area contributed by atoms with E-state index in [1.165, 1.54) is 18.9 Å². The van der Waals surface area contributed by atoms with Crippen LogP contribution >= 0.6 is 0 Å². The highest BCUT2D eigenvalue weighted by molar-refractivity contribution is 5.16. The van der Waals surface area contributed by atoms with E-state index >= 15 is 0 Å². The first kappa shape index (κ1) is 13.5. The largest absolute Gasteiger partial charge is 0.328 e. The van der Waals surface area contributed by atoms with Gasteiger partial charge in [0.25, 0.3) is 0 Å². The Balaban J connectivity index is 1.79. The fourth-order valence-electron chi connectivity index (χ4n) is 2.72. The molecule has 100 valence electrons. The highest BCUT2D eigenvalue weighted by Crippen LogP contribution is 2.21. The van der Waals surface area contributed by atoms with Crippen molar-refractivity contribution in [3.63, 3.8) is 0 Å². The smallest absolute Gasteiger partial charge is 0.123 e. The van der Waals surface area contributed by atoms with E-state index in [2.05, 4.69) is 11.9 Å². The van der Waals surface area contributed by atoms with Crippen LogP contribution in [0.3, 0.4) is 0 Å². The maximum atomic E-state index is 13.1. The summed E-state index contributed by atoms with van der Waals surface area (Å²) in [5.41, 5.74) is 7.00. The van der Waals surface area contributed by atoms with E-state index in [1.807, 2.05) is 6.07 Å². The Bertz CT molecular complexity index is 373. The first-order chi connectivity index (χ1) is 8.65. The van der Waals surface area contributed by atoms with Crippen molar-refractivity contribution in [2.45, 2.75) is 44.2 Å². The monoisotopic (exact) mass is 250 g/mol. The van der Waals surface area contributed by atoms with E-state index in [1.54, 1.807) is 12.1 Å². The van der Waals surface area contributed by atoms with Gasteiger partial charge in [0.15, 0.2) is 0 Å². The van der Waals surface area contributed by atoms with Gasteiger partial charge in [0.1, 0.15) is 5.82 Å². The van der Waals surface area contributed by atoms with E-state index in [0.717, 1.165) is 31.4 Å². The molecule has 0 aromatic heterocycles. The van der Waals surface area contributed by atoms with Gasteiger partial charge in [-0.1, -0.05) is 12.1 Å². The average molecular weight is 250 g/mol. The fourth-order valence-corrected chi connectivity index (χ4v) is 2.72. The van der Waals surface area contributed by atoms with Gasteiger partial charge in [-0.2, -0.15) is 0 Å². The molecule has 0 unspecified atom stereocenters. The summed E-state index contributed by atoms with van der Waals surface area (Å²) < 4.78 is 13.1. The summed E-state index contributed by atoms with van der Waals surface area (Å²) in [6.45, 7) is 0.989. The molecule has 0 bridgehead atoms. The van der Waals surface area contributed by atoms with Gasteiger partial charge in [-0.3, -0.25) is 0 Å². The molecule has 0 atom stereocenters. The van der Waals surface area contributed by atoms with Crippen molar-refractivity contribution < 1.29 is 4.39 Å². The maximum Gasteiger partial charge on any atom is 0.123 e. The molecule has 0 aliphatic heterocycles. The first-order valence-corrected chi connectivity index (χ1v) is 6.85. The topological polar surface area (TPSA) is 29.3 Å². The standard InChI is InChI=1S/C15H23FN2/c1-18(15-7-5-14(17)6-8-15)10-9-12-3-2-4-13(16)11-12/h2-4,11,14-15H,5-10,17H2,1H3. The van der Waals surface area contributed by atoms with E-state index in [-0.39, 0.29) is 5.82 Å². The zero-order valence-corrected chi connectivity index (χ0v) is 11.1. The van der Waals surface area contributed by atoms with Crippen molar-refractivity contribution in [2.24, 2.45) is 5.73 Å². The van der Waals surface area contributed by atoms with Crippen LogP contribution in [0.2, 0.25) is 0 Å². The van der Waals surface area contributed by atoms with Crippen LogP contribution in [-0.2, 0) is 6.42 Å². The molecule has 1 fully saturated rings. The minimum absolute atomic E-state index is 0.140. The molecule has 1 aliphatic carbocycles. The van der Waals surface area contributed by atoms with E-state index < -0.39 is 0 Å². The number of halogens is 1. The quantitative estimate of drug-likeness (QED) is 0.890. The lowest BCUT2D eigenvalue weighted by Gasteiger charge is -2.33. The predicted octanol–water partition coefficient (Wildman–Crippen LogP) is 2.57. The molecule has 3 heteroatoms. The van der Waals surface area contributed by atoms with Gasteiger partial charge in [-0.25, -0.2) is 4.39 Å². The Kier molecular flexibility index (Phi) is 4.72. The van der Waals surface area contributed by atoms with E-state index in [0.29, 0.717) is 12.1 Å². The molecule has 0 radical (unpaired) electrons. The summed E-state index contributed by atoms with van der Waals surface area (Å²) in [5.74, 6) is -0.140. The molecule has 1 aromatic carbocycles. The third-order valence-corrected chi connectivity index (χ3v) is 4.01. The lowest BCUT2D eigenvalue weighted by Crippen LogP contribution is -2.39. The predicted molar refractivity (Wildman–Crippen MR) is 73.0 cm³/mol. The number of nitrogens with zero attached hydrogens (tertiary/aromatic N) is 1. The number of likely N-dealkylation sites (N-methyl/N-ethyl adjacent to an activating group) is 1. The lowest BCUT2D eigenvalue weighted by atomic mass is 9.91. The molecular formula is C15H23FN2. The molecule has 0 amide bonds. The van der Waals surface area contributed by atoms with Crippen LogP contribution in [0.15, 0.2) is 24.3 Å². The molecule has 18 heavy (non-hydrogen) atoms. The van der Waals surface area contributed by atoms with Crippen LogP contribution in [0.4, 0.5) is 4.39 Å². The summed E-state index contributed by atoms with van der Waals surface area (Å²) in [6, 6.07) is 7.95. The third kappa shape index (κ3) is 3.79. The molecule has 1 saturated carbocycles. The van der Waals surface area contributed by atoms with Gasteiger partial charge < -0.3 is 10.6 Å². The molecule has 2 N–H and O–H groups in total. The number of nitrogens with two attached hydrogens (primary N) is 1. The van der Waals surface area contributed by atoms with Crippen LogP contribution in [0, 0.1) is 5.82 Å². The van der Waals surface area contributed by atoms with Crippen molar-refractivity contribution in [2.75, 3.05) is 13.6 Å². The second-order valence-electron chi connectivity index (χ2n) is 5.43. The third-order valence-electron chi connectivity index (χ3n) is 4.01. The lowest BCUT2D eigenvalue weighted by molar-refractivity contribution is 0.185. The highest BCUT2D eigenvalue weighted by Gasteiger charge is 2.21. The fraction of sp³-hybridized carbons (Fsp3) is 0.600. The Hall–Kier alpha value is -0.930. The molecule has 0 heterocycles. The minimum Gasteiger partial charge on any atom is -0.328 e. The SMILES string of the molecule is CN(CCc1cccc(F)c1)C1CCC(N)CC1. The van der Waals surface area contributed by atoms with Gasteiger partial charge >= 0.3 is 0 Å². The zero-order chi connectivity index (χ0) is 13.0. The first-order valence-electron chi connectivity index (χ1n) is 6.85. The number of hydrogen-bond acceptors (Lipinski definition) is 2. The molecule has 2 rings (SSSR count). The van der Waals surface area contributed by atoms with E-state index in [9.17, 15) is 4.39 Å². The van der Waals surface area contributed by atoms with Crippen LogP contribution in [0.1, 0.15) is 31.2 Å². The molecule has 0 spiro atoms. The van der Waals surface area contributed by atoms with Crippen LogP contribution < -0.4 is 5.73 Å². The summed E-state index contributed by atoms with van der Waals surface area (Å²) in [5, 5.41) is 0. The van der Waals surface area contributed by atoms with Gasteiger partial charge in [-0.15, -0.1) is 0 Å². The number of rotatable bonds is 4. The summed E-state index contributed by atoms with van der Waals surface area (Å²) in [6.07, 6.45) is 5.57. The van der Waals surface area contributed by atoms with Crippen molar-refractivity contribution in [3.05, 3.63) is 35.6 Å². The van der Waals surface area contributed by atoms with Gasteiger partial charge in [0.2, 0.25) is 0 Å². The van der Waals surface area contributed by atoms with Crippen LogP contribution in [0.5, 0.6) is 0 Å². The molecule has 2 nitrogen and oxygen atoms in total.